The number of halogens is 2. The second-order valence-corrected chi connectivity index (χ2v) is 13.6. The molecular weight excluding hydrogens is 629 g/mol. The molecule has 0 spiro atoms. The average molecular weight is 667 g/mol. The number of hydrogen-bond donors (Lipinski definition) is 1. The number of methoxy groups -OCH3 is 3. The topological polar surface area (TPSA) is 114 Å². The van der Waals surface area contributed by atoms with Gasteiger partial charge in [0.15, 0.2) is 11.5 Å². The number of nitrogens with one attached hydrogen (secondary N) is 1. The van der Waals surface area contributed by atoms with Gasteiger partial charge in [0.05, 0.1) is 31.9 Å². The predicted molar refractivity (Wildman–Crippen MR) is 171 cm³/mol. The Hall–Kier alpha value is -3.67. The van der Waals surface area contributed by atoms with E-state index in [1.165, 1.54) is 62.6 Å². The number of rotatable bonds is 12. The molecule has 0 aliphatic carbocycles. The van der Waals surface area contributed by atoms with Crippen LogP contribution >= 0.6 is 23.2 Å². The summed E-state index contributed by atoms with van der Waals surface area (Å²) in [5, 5.41) is 3.49. The third kappa shape index (κ3) is 8.28. The van der Waals surface area contributed by atoms with Crippen LogP contribution in [0.25, 0.3) is 0 Å². The number of amides is 2. The SMILES string of the molecule is COc1ccc(S(=O)(=O)N(CC(=O)N(Cc2ccccc2Cl)[C@H](C)C(=O)NC(C)(C)C)c2cc(Cl)ccc2OC)cc1OC. The molecule has 0 saturated carbocycles. The first-order valence-corrected chi connectivity index (χ1v) is 15.8. The molecule has 0 aliphatic rings. The molecule has 44 heavy (non-hydrogen) atoms. The molecule has 0 radical (unpaired) electrons. The molecule has 1 atom stereocenters. The molecule has 0 bridgehead atoms. The van der Waals surface area contributed by atoms with E-state index in [1.54, 1.807) is 31.2 Å². The smallest absolute Gasteiger partial charge is 0.265 e. The van der Waals surface area contributed by atoms with Gasteiger partial charge in [0.25, 0.3) is 10.0 Å². The number of nitrogens with zero attached hydrogens (tertiary/aromatic N) is 2. The summed E-state index contributed by atoms with van der Waals surface area (Å²) >= 11 is 12.7. The fourth-order valence-electron chi connectivity index (χ4n) is 4.34. The van der Waals surface area contributed by atoms with E-state index in [4.69, 9.17) is 37.4 Å². The van der Waals surface area contributed by atoms with E-state index in [9.17, 15) is 18.0 Å². The van der Waals surface area contributed by atoms with Crippen molar-refractivity contribution in [3.8, 4) is 17.2 Å². The highest BCUT2D eigenvalue weighted by atomic mass is 35.5. The van der Waals surface area contributed by atoms with Crippen LogP contribution in [0.4, 0.5) is 5.69 Å². The fourth-order valence-corrected chi connectivity index (χ4v) is 6.14. The van der Waals surface area contributed by atoms with Gasteiger partial charge in [-0.05, 0) is 69.7 Å². The van der Waals surface area contributed by atoms with E-state index >= 15 is 0 Å². The van der Waals surface area contributed by atoms with Crippen LogP contribution in [0.15, 0.2) is 65.6 Å². The molecule has 3 aromatic rings. The van der Waals surface area contributed by atoms with Gasteiger partial charge in [-0.1, -0.05) is 41.4 Å². The van der Waals surface area contributed by atoms with Crippen molar-refractivity contribution >= 4 is 50.7 Å². The molecule has 0 fully saturated rings. The summed E-state index contributed by atoms with van der Waals surface area (Å²) < 4.78 is 45.6. The zero-order valence-electron chi connectivity index (χ0n) is 25.7. The van der Waals surface area contributed by atoms with Gasteiger partial charge in [0.2, 0.25) is 11.8 Å². The second kappa shape index (κ2) is 14.4. The van der Waals surface area contributed by atoms with Crippen LogP contribution in [0.1, 0.15) is 33.3 Å². The van der Waals surface area contributed by atoms with Crippen LogP contribution in [0.2, 0.25) is 10.0 Å². The maximum atomic E-state index is 14.3. The molecule has 0 heterocycles. The Morgan fingerprint density at radius 2 is 1.50 bits per heavy atom. The summed E-state index contributed by atoms with van der Waals surface area (Å²) in [6.07, 6.45) is 0. The fraction of sp³-hybridized carbons (Fsp3) is 0.355. The van der Waals surface area contributed by atoms with E-state index in [0.29, 0.717) is 16.3 Å². The molecule has 13 heteroatoms. The van der Waals surface area contributed by atoms with Crippen molar-refractivity contribution < 1.29 is 32.2 Å². The van der Waals surface area contributed by atoms with Crippen molar-refractivity contribution in [2.45, 2.75) is 50.7 Å². The van der Waals surface area contributed by atoms with Crippen molar-refractivity contribution in [2.24, 2.45) is 0 Å². The molecule has 238 valence electrons. The average Bonchev–Trinajstić information content (AvgIpc) is 2.97. The van der Waals surface area contributed by atoms with E-state index in [1.807, 2.05) is 20.8 Å². The third-order valence-corrected chi connectivity index (χ3v) is 8.96. The van der Waals surface area contributed by atoms with Gasteiger partial charge in [0, 0.05) is 28.2 Å². The number of hydrogen-bond acceptors (Lipinski definition) is 7. The lowest BCUT2D eigenvalue weighted by Gasteiger charge is -2.34. The van der Waals surface area contributed by atoms with Crippen LogP contribution in [0.3, 0.4) is 0 Å². The van der Waals surface area contributed by atoms with Gasteiger partial charge in [-0.15, -0.1) is 0 Å². The lowest BCUT2D eigenvalue weighted by atomic mass is 10.1. The number of carbonyl (C=O) groups excluding carboxylic acids is 2. The normalized spacial score (nSPS) is 12.2. The predicted octanol–water partition coefficient (Wildman–Crippen LogP) is 5.55. The monoisotopic (exact) mass is 665 g/mol. The minimum atomic E-state index is -4.46. The summed E-state index contributed by atoms with van der Waals surface area (Å²) in [4.78, 5) is 28.6. The van der Waals surface area contributed by atoms with Gasteiger partial charge in [-0.3, -0.25) is 13.9 Å². The summed E-state index contributed by atoms with van der Waals surface area (Å²) in [7, 11) is -0.277. The van der Waals surface area contributed by atoms with Gasteiger partial charge in [-0.2, -0.15) is 0 Å². The maximum Gasteiger partial charge on any atom is 0.265 e. The Morgan fingerprint density at radius 3 is 2.09 bits per heavy atom. The van der Waals surface area contributed by atoms with Crippen molar-refractivity contribution in [1.82, 2.24) is 10.2 Å². The molecule has 2 amide bonds. The number of anilines is 1. The first-order chi connectivity index (χ1) is 20.6. The minimum absolute atomic E-state index is 0.0209. The highest BCUT2D eigenvalue weighted by molar-refractivity contribution is 7.92. The Morgan fingerprint density at radius 1 is 0.886 bits per heavy atom. The summed E-state index contributed by atoms with van der Waals surface area (Å²) in [6, 6.07) is 14.4. The van der Waals surface area contributed by atoms with Crippen LogP contribution in [-0.2, 0) is 26.2 Å². The van der Waals surface area contributed by atoms with Gasteiger partial charge in [-0.25, -0.2) is 8.42 Å². The highest BCUT2D eigenvalue weighted by Gasteiger charge is 2.35. The zero-order chi connectivity index (χ0) is 32.8. The molecular formula is C31H37Cl2N3O7S. The van der Waals surface area contributed by atoms with Crippen LogP contribution in [0.5, 0.6) is 17.2 Å². The van der Waals surface area contributed by atoms with Crippen molar-refractivity contribution in [2.75, 3.05) is 32.2 Å². The first kappa shape index (κ1) is 34.8. The van der Waals surface area contributed by atoms with E-state index in [0.717, 1.165) is 4.31 Å². The van der Waals surface area contributed by atoms with Crippen LogP contribution in [0, 0.1) is 0 Å². The second-order valence-electron chi connectivity index (χ2n) is 10.9. The quantitative estimate of drug-likeness (QED) is 0.270. The first-order valence-electron chi connectivity index (χ1n) is 13.6. The van der Waals surface area contributed by atoms with Crippen molar-refractivity contribution in [1.29, 1.82) is 0 Å². The maximum absolute atomic E-state index is 14.3. The van der Waals surface area contributed by atoms with Gasteiger partial charge < -0.3 is 24.4 Å². The number of benzene rings is 3. The van der Waals surface area contributed by atoms with E-state index in [2.05, 4.69) is 5.32 Å². The molecule has 0 saturated heterocycles. The van der Waals surface area contributed by atoms with Gasteiger partial charge in [0.1, 0.15) is 18.3 Å². The number of sulfonamides is 1. The lowest BCUT2D eigenvalue weighted by Crippen LogP contribution is -2.54. The standard InChI is InChI=1S/C31H37Cl2N3O7S/c1-20(30(38)34-31(2,3)4)35(18-21-10-8-9-11-24(21)33)29(37)19-36(25-16-22(32)12-14-26(25)41-5)44(39,40)23-13-15-27(42-6)28(17-23)43-7/h8-17,20H,18-19H2,1-7H3,(H,34,38)/t20-/m1/s1. The third-order valence-electron chi connectivity index (χ3n) is 6.60. The molecule has 10 nitrogen and oxygen atoms in total. The molecule has 1 N–H and O–H groups in total. The summed E-state index contributed by atoms with van der Waals surface area (Å²) in [6.45, 7) is 6.27. The zero-order valence-corrected chi connectivity index (χ0v) is 28.0. The molecule has 0 aliphatic heterocycles. The van der Waals surface area contributed by atoms with Gasteiger partial charge >= 0.3 is 0 Å². The van der Waals surface area contributed by atoms with Crippen LogP contribution in [-0.4, -0.2) is 64.6 Å². The van der Waals surface area contributed by atoms with E-state index < -0.39 is 40.0 Å². The Balaban J connectivity index is 2.17. The van der Waals surface area contributed by atoms with E-state index in [-0.39, 0.29) is 33.6 Å². The Labute approximate surface area is 268 Å². The highest BCUT2D eigenvalue weighted by Crippen LogP contribution is 2.37. The largest absolute Gasteiger partial charge is 0.495 e. The van der Waals surface area contributed by atoms with Crippen molar-refractivity contribution in [3.05, 3.63) is 76.3 Å². The molecule has 3 rings (SSSR count). The molecule has 3 aromatic carbocycles. The number of carbonyl (C=O) groups is 2. The Kier molecular flexibility index (Phi) is 11.4. The minimum Gasteiger partial charge on any atom is -0.495 e. The summed E-state index contributed by atoms with van der Waals surface area (Å²) in [5.74, 6) is -0.452. The molecule has 0 aromatic heterocycles. The Bertz CT molecular complexity index is 1610. The summed E-state index contributed by atoms with van der Waals surface area (Å²) in [5.41, 5.74) is 0.0155. The van der Waals surface area contributed by atoms with Crippen molar-refractivity contribution in [3.63, 3.8) is 0 Å². The van der Waals surface area contributed by atoms with Crippen LogP contribution < -0.4 is 23.8 Å². The lowest BCUT2D eigenvalue weighted by molar-refractivity contribution is -0.140. The number of ether oxygens (including phenoxy) is 3. The molecule has 0 unspecified atom stereocenters.